The van der Waals surface area contributed by atoms with Crippen LogP contribution >= 0.6 is 11.3 Å². The van der Waals surface area contributed by atoms with E-state index in [0.29, 0.717) is 39.3 Å². The first-order chi connectivity index (χ1) is 20.3. The first kappa shape index (κ1) is 29.2. The summed E-state index contributed by atoms with van der Waals surface area (Å²) < 4.78 is 11.6. The summed E-state index contributed by atoms with van der Waals surface area (Å²) in [7, 11) is 2.57. The molecule has 1 aromatic heterocycles. The smallest absolute Gasteiger partial charge is 0.338 e. The lowest BCUT2D eigenvalue weighted by Gasteiger charge is -2.24. The number of fused-ring (bicyclic) bond motifs is 2. The molecule has 3 heterocycles. The maximum absolute atomic E-state index is 14.2. The van der Waals surface area contributed by atoms with Crippen molar-refractivity contribution >= 4 is 40.4 Å². The first-order valence-corrected chi connectivity index (χ1v) is 14.9. The van der Waals surface area contributed by atoms with Crippen LogP contribution < -0.4 is 19.8 Å². The molecule has 42 heavy (non-hydrogen) atoms. The van der Waals surface area contributed by atoms with Gasteiger partial charge in [-0.25, -0.2) is 14.6 Å². The second-order valence-corrected chi connectivity index (χ2v) is 11.2. The van der Waals surface area contributed by atoms with Crippen molar-refractivity contribution in [3.63, 3.8) is 0 Å². The molecule has 5 rings (SSSR count). The quantitative estimate of drug-likeness (QED) is 0.278. The third kappa shape index (κ3) is 5.11. The molecule has 0 N–H and O–H groups in total. The predicted octanol–water partition coefficient (Wildman–Crippen LogP) is 3.88. The number of rotatable bonds is 9. The molecule has 0 aliphatic carbocycles. The van der Waals surface area contributed by atoms with Crippen molar-refractivity contribution in [2.75, 3.05) is 25.7 Å². The number of ether oxygens (including phenoxy) is 2. The zero-order valence-corrected chi connectivity index (χ0v) is 25.0. The van der Waals surface area contributed by atoms with Crippen LogP contribution in [0.5, 0.6) is 0 Å². The number of carbonyl (C=O) groups is 3. The van der Waals surface area contributed by atoms with Crippen molar-refractivity contribution in [3.8, 4) is 0 Å². The van der Waals surface area contributed by atoms with Gasteiger partial charge in [-0.2, -0.15) is 0 Å². The third-order valence-electron chi connectivity index (χ3n) is 7.69. The molecule has 2 aliphatic heterocycles. The molecule has 1 amide bonds. The molecule has 1 unspecified atom stereocenters. The fraction of sp³-hybridized carbons (Fsp3) is 0.344. The Morgan fingerprint density at radius 1 is 0.929 bits per heavy atom. The summed E-state index contributed by atoms with van der Waals surface area (Å²) in [5, 5.41) is 0. The molecule has 3 aromatic rings. The minimum Gasteiger partial charge on any atom is -0.466 e. The SMILES string of the molecule is CCCCCCCN1C(=O)C(=c2sc3n(c2=O)C(c2ccc(C(=O)OC)cc2)C(C(=O)OC)=C(C)N=3)c2ccccc21. The number of unbranched alkanes of at least 4 members (excludes halogenated alkanes) is 4. The predicted molar refractivity (Wildman–Crippen MR) is 160 cm³/mol. The molecule has 0 saturated heterocycles. The fourth-order valence-electron chi connectivity index (χ4n) is 5.57. The molecule has 1 atom stereocenters. The van der Waals surface area contributed by atoms with E-state index in [1.54, 1.807) is 36.1 Å². The van der Waals surface area contributed by atoms with Gasteiger partial charge in [-0.1, -0.05) is 74.3 Å². The first-order valence-electron chi connectivity index (χ1n) is 14.0. The number of allylic oxidation sites excluding steroid dienone is 1. The number of hydrogen-bond acceptors (Lipinski definition) is 8. The molecule has 0 saturated carbocycles. The highest BCUT2D eigenvalue weighted by Crippen LogP contribution is 2.36. The topological polar surface area (TPSA) is 107 Å². The summed E-state index contributed by atoms with van der Waals surface area (Å²) in [5.74, 6) is -1.33. The van der Waals surface area contributed by atoms with E-state index in [1.807, 2.05) is 24.3 Å². The highest BCUT2D eigenvalue weighted by Gasteiger charge is 2.37. The van der Waals surface area contributed by atoms with Crippen molar-refractivity contribution in [1.29, 1.82) is 0 Å². The minimum absolute atomic E-state index is 0.208. The molecule has 10 heteroatoms. The molecule has 0 fully saturated rings. The van der Waals surface area contributed by atoms with Crippen LogP contribution in [0.15, 0.2) is 69.6 Å². The van der Waals surface area contributed by atoms with Crippen molar-refractivity contribution in [1.82, 2.24) is 4.57 Å². The van der Waals surface area contributed by atoms with E-state index in [2.05, 4.69) is 11.9 Å². The van der Waals surface area contributed by atoms with Crippen molar-refractivity contribution in [2.45, 2.75) is 52.0 Å². The average Bonchev–Trinajstić information content (AvgIpc) is 3.47. The van der Waals surface area contributed by atoms with Gasteiger partial charge in [-0.15, -0.1) is 0 Å². The number of anilines is 1. The molecular formula is C32H33N3O6S. The van der Waals surface area contributed by atoms with Gasteiger partial charge in [-0.3, -0.25) is 14.2 Å². The van der Waals surface area contributed by atoms with Crippen LogP contribution in [0.3, 0.4) is 0 Å². The van der Waals surface area contributed by atoms with Gasteiger partial charge in [0.2, 0.25) is 0 Å². The number of carbonyl (C=O) groups excluding carboxylic acids is 3. The number of aromatic nitrogens is 1. The number of methoxy groups -OCH3 is 2. The standard InChI is InChI=1S/C32H33N3O6S/c1-5-6-7-8-11-18-34-23-13-10-9-12-22(23)25(28(34)36)27-29(37)35-26(20-14-16-21(17-15-20)30(38)40-3)24(31(39)41-4)19(2)33-32(35)42-27/h9-10,12-17,26H,5-8,11,18H2,1-4H3. The largest absolute Gasteiger partial charge is 0.466 e. The van der Waals surface area contributed by atoms with Crippen LogP contribution in [0.4, 0.5) is 5.69 Å². The van der Waals surface area contributed by atoms with E-state index in [9.17, 15) is 19.2 Å². The molecule has 2 aliphatic rings. The zero-order valence-electron chi connectivity index (χ0n) is 24.1. The molecule has 0 radical (unpaired) electrons. The monoisotopic (exact) mass is 587 g/mol. The minimum atomic E-state index is -0.865. The Labute approximate surface area is 247 Å². The second kappa shape index (κ2) is 12.3. The van der Waals surface area contributed by atoms with Gasteiger partial charge in [0, 0.05) is 12.1 Å². The van der Waals surface area contributed by atoms with Crippen LogP contribution in [0.25, 0.3) is 5.57 Å². The van der Waals surface area contributed by atoms with Crippen LogP contribution in [-0.4, -0.2) is 43.2 Å². The summed E-state index contributed by atoms with van der Waals surface area (Å²) >= 11 is 1.14. The van der Waals surface area contributed by atoms with Gasteiger partial charge in [-0.05, 0) is 37.1 Å². The molecule has 2 aromatic carbocycles. The Kier molecular flexibility index (Phi) is 8.54. The highest BCUT2D eigenvalue weighted by atomic mass is 32.1. The van der Waals surface area contributed by atoms with Crippen molar-refractivity contribution in [3.05, 3.63) is 96.2 Å². The number of para-hydroxylation sites is 1. The lowest BCUT2D eigenvalue weighted by atomic mass is 9.95. The summed E-state index contributed by atoms with van der Waals surface area (Å²) in [6, 6.07) is 13.2. The van der Waals surface area contributed by atoms with Gasteiger partial charge < -0.3 is 14.4 Å². The Morgan fingerprint density at radius 2 is 1.62 bits per heavy atom. The number of thiazole rings is 1. The van der Waals surface area contributed by atoms with E-state index >= 15 is 0 Å². The van der Waals surface area contributed by atoms with E-state index in [0.717, 1.165) is 49.1 Å². The Morgan fingerprint density at radius 3 is 2.31 bits per heavy atom. The Bertz CT molecular complexity index is 1770. The highest BCUT2D eigenvalue weighted by molar-refractivity contribution is 7.07. The summed E-state index contributed by atoms with van der Waals surface area (Å²) in [6.07, 6.45) is 5.33. The number of esters is 2. The Hall–Kier alpha value is -4.31. The third-order valence-corrected chi connectivity index (χ3v) is 8.74. The zero-order chi connectivity index (χ0) is 30.0. The maximum atomic E-state index is 14.2. The summed E-state index contributed by atoms with van der Waals surface area (Å²) in [4.78, 5) is 59.9. The number of benzene rings is 2. The Balaban J connectivity index is 1.66. The molecule has 0 spiro atoms. The van der Waals surface area contributed by atoms with Gasteiger partial charge in [0.15, 0.2) is 4.80 Å². The maximum Gasteiger partial charge on any atom is 0.338 e. The number of nitrogens with zero attached hydrogens (tertiary/aromatic N) is 3. The number of amides is 1. The van der Waals surface area contributed by atoms with Gasteiger partial charge in [0.25, 0.3) is 11.5 Å². The van der Waals surface area contributed by atoms with Crippen LogP contribution in [0, 0.1) is 0 Å². The number of hydrogen-bond donors (Lipinski definition) is 0. The lowest BCUT2D eigenvalue weighted by molar-refractivity contribution is -0.136. The van der Waals surface area contributed by atoms with Crippen molar-refractivity contribution < 1.29 is 23.9 Å². The van der Waals surface area contributed by atoms with Crippen molar-refractivity contribution in [2.24, 2.45) is 4.99 Å². The van der Waals surface area contributed by atoms with Crippen LogP contribution in [0.1, 0.15) is 73.5 Å². The van der Waals surface area contributed by atoms with E-state index < -0.39 is 23.5 Å². The van der Waals surface area contributed by atoms with Gasteiger partial charge in [0.05, 0.1) is 48.4 Å². The lowest BCUT2D eigenvalue weighted by Crippen LogP contribution is -2.41. The normalized spacial score (nSPS) is 17.1. The fourth-order valence-corrected chi connectivity index (χ4v) is 6.71. The summed E-state index contributed by atoms with van der Waals surface area (Å²) in [5.41, 5.74) is 2.97. The van der Waals surface area contributed by atoms with Crippen LogP contribution in [0.2, 0.25) is 0 Å². The second-order valence-electron chi connectivity index (χ2n) is 10.3. The van der Waals surface area contributed by atoms with E-state index in [-0.39, 0.29) is 16.0 Å². The van der Waals surface area contributed by atoms with Gasteiger partial charge in [0.1, 0.15) is 4.53 Å². The molecule has 0 bridgehead atoms. The van der Waals surface area contributed by atoms with E-state index in [4.69, 9.17) is 9.47 Å². The molecule has 218 valence electrons. The summed E-state index contributed by atoms with van der Waals surface area (Å²) in [6.45, 7) is 4.43. The van der Waals surface area contributed by atoms with Crippen LogP contribution in [-0.2, 0) is 19.1 Å². The van der Waals surface area contributed by atoms with E-state index in [1.165, 1.54) is 18.8 Å². The average molecular weight is 588 g/mol. The molecule has 9 nitrogen and oxygen atoms in total. The molecular weight excluding hydrogens is 554 g/mol. The van der Waals surface area contributed by atoms with Gasteiger partial charge >= 0.3 is 11.9 Å².